The SMILES string of the molecule is O=C(O)C[C@]1(c2ccc(-c3cc4ccccc4o3)s2)CCCCS1(=O)=O. The highest BCUT2D eigenvalue weighted by Gasteiger charge is 2.49. The molecule has 1 aromatic carbocycles. The molecule has 26 heavy (non-hydrogen) atoms. The van der Waals surface area contributed by atoms with Crippen molar-refractivity contribution in [2.24, 2.45) is 0 Å². The number of para-hydroxylation sites is 1. The zero-order chi connectivity index (χ0) is 18.4. The molecule has 0 unspecified atom stereocenters. The van der Waals surface area contributed by atoms with Crippen molar-refractivity contribution >= 4 is 38.1 Å². The van der Waals surface area contributed by atoms with E-state index in [9.17, 15) is 18.3 Å². The van der Waals surface area contributed by atoms with E-state index in [-0.39, 0.29) is 5.75 Å². The average Bonchev–Trinajstić information content (AvgIpc) is 3.22. The molecule has 3 heterocycles. The number of hydrogen-bond donors (Lipinski definition) is 1. The molecule has 1 atom stereocenters. The van der Waals surface area contributed by atoms with Crippen molar-refractivity contribution in [3.63, 3.8) is 0 Å². The molecule has 0 aliphatic carbocycles. The van der Waals surface area contributed by atoms with E-state index in [0.717, 1.165) is 15.8 Å². The second kappa shape index (κ2) is 6.25. The summed E-state index contributed by atoms with van der Waals surface area (Å²) >= 11 is 1.31. The standard InChI is InChI=1S/C19H18O5S2/c20-18(21)12-19(9-3-4-10-26(19,22)23)17-8-7-16(25-17)15-11-13-5-1-2-6-14(13)24-15/h1-2,5-8,11H,3-4,9-10,12H2,(H,20,21)/t19-/m0/s1. The van der Waals surface area contributed by atoms with E-state index in [1.807, 2.05) is 36.4 Å². The zero-order valence-corrected chi connectivity index (χ0v) is 15.6. The second-order valence-electron chi connectivity index (χ2n) is 6.65. The maximum Gasteiger partial charge on any atom is 0.305 e. The zero-order valence-electron chi connectivity index (χ0n) is 14.0. The number of aliphatic carboxylic acids is 1. The highest BCUT2D eigenvalue weighted by molar-refractivity contribution is 7.92. The first-order chi connectivity index (χ1) is 12.4. The van der Waals surface area contributed by atoms with Crippen molar-refractivity contribution in [2.45, 2.75) is 30.4 Å². The van der Waals surface area contributed by atoms with Gasteiger partial charge >= 0.3 is 5.97 Å². The highest BCUT2D eigenvalue weighted by Crippen LogP contribution is 2.47. The van der Waals surface area contributed by atoms with Crippen LogP contribution in [0.1, 0.15) is 30.6 Å². The van der Waals surface area contributed by atoms with Gasteiger partial charge in [0, 0.05) is 10.3 Å². The van der Waals surface area contributed by atoms with Crippen LogP contribution in [-0.2, 0) is 19.4 Å². The van der Waals surface area contributed by atoms with Gasteiger partial charge in [0.2, 0.25) is 0 Å². The molecule has 0 amide bonds. The number of thiophene rings is 1. The lowest BCUT2D eigenvalue weighted by Gasteiger charge is -2.34. The molecular formula is C19H18O5S2. The van der Waals surface area contributed by atoms with Crippen LogP contribution in [-0.4, -0.2) is 25.2 Å². The Morgan fingerprint density at radius 2 is 2.00 bits per heavy atom. The fraction of sp³-hybridized carbons (Fsp3) is 0.316. The maximum atomic E-state index is 12.8. The van der Waals surface area contributed by atoms with Crippen LogP contribution in [0.15, 0.2) is 46.9 Å². The van der Waals surface area contributed by atoms with E-state index in [1.54, 1.807) is 6.07 Å². The van der Waals surface area contributed by atoms with Gasteiger partial charge in [-0.1, -0.05) is 24.6 Å². The number of carbonyl (C=O) groups is 1. The first-order valence-electron chi connectivity index (χ1n) is 8.45. The van der Waals surface area contributed by atoms with Crippen LogP contribution in [0.4, 0.5) is 0 Å². The van der Waals surface area contributed by atoms with Gasteiger partial charge in [0.05, 0.1) is 17.1 Å². The molecule has 0 saturated carbocycles. The van der Waals surface area contributed by atoms with E-state index in [0.29, 0.717) is 29.9 Å². The van der Waals surface area contributed by atoms with E-state index >= 15 is 0 Å². The van der Waals surface area contributed by atoms with Gasteiger partial charge in [-0.15, -0.1) is 11.3 Å². The fourth-order valence-electron chi connectivity index (χ4n) is 3.68. The Morgan fingerprint density at radius 1 is 1.19 bits per heavy atom. The number of carboxylic acid groups (broad SMARTS) is 1. The Kier molecular flexibility index (Phi) is 4.16. The summed E-state index contributed by atoms with van der Waals surface area (Å²) in [6.45, 7) is 0. The topological polar surface area (TPSA) is 84.6 Å². The Balaban J connectivity index is 1.80. The van der Waals surface area contributed by atoms with E-state index < -0.39 is 27.0 Å². The minimum atomic E-state index is -3.53. The molecule has 7 heteroatoms. The molecule has 1 saturated heterocycles. The van der Waals surface area contributed by atoms with Gasteiger partial charge in [0.15, 0.2) is 9.84 Å². The quantitative estimate of drug-likeness (QED) is 0.712. The first kappa shape index (κ1) is 17.3. The lowest BCUT2D eigenvalue weighted by molar-refractivity contribution is -0.137. The Hall–Kier alpha value is -2.12. The van der Waals surface area contributed by atoms with Gasteiger partial charge in [-0.05, 0) is 37.1 Å². The lowest BCUT2D eigenvalue weighted by Crippen LogP contribution is -2.41. The summed E-state index contributed by atoms with van der Waals surface area (Å²) in [5.41, 5.74) is 0.767. The summed E-state index contributed by atoms with van der Waals surface area (Å²) in [6.07, 6.45) is 1.26. The highest BCUT2D eigenvalue weighted by atomic mass is 32.2. The third kappa shape index (κ3) is 2.75. The minimum Gasteiger partial charge on any atom is -0.481 e. The second-order valence-corrected chi connectivity index (χ2v) is 10.2. The van der Waals surface area contributed by atoms with Crippen molar-refractivity contribution in [2.75, 3.05) is 5.75 Å². The summed E-state index contributed by atoms with van der Waals surface area (Å²) in [5.74, 6) is -0.381. The molecule has 0 bridgehead atoms. The van der Waals surface area contributed by atoms with Gasteiger partial charge in [-0.2, -0.15) is 0 Å². The summed E-state index contributed by atoms with van der Waals surface area (Å²) < 4.78 is 30.2. The number of sulfone groups is 1. The molecule has 0 spiro atoms. The van der Waals surface area contributed by atoms with Crippen LogP contribution in [0.2, 0.25) is 0 Å². The van der Waals surface area contributed by atoms with Gasteiger partial charge < -0.3 is 9.52 Å². The molecule has 0 radical (unpaired) electrons. The van der Waals surface area contributed by atoms with Crippen molar-refractivity contribution in [3.05, 3.63) is 47.3 Å². The molecule has 2 aromatic heterocycles. The molecule has 1 fully saturated rings. The fourth-order valence-corrected chi connectivity index (χ4v) is 7.40. The van der Waals surface area contributed by atoms with Crippen molar-refractivity contribution < 1.29 is 22.7 Å². The van der Waals surface area contributed by atoms with Gasteiger partial charge in [0.1, 0.15) is 16.1 Å². The normalized spacial score (nSPS) is 22.5. The van der Waals surface area contributed by atoms with Crippen LogP contribution in [0.5, 0.6) is 0 Å². The molecule has 5 nitrogen and oxygen atoms in total. The average molecular weight is 390 g/mol. The number of fused-ring (bicyclic) bond motifs is 1. The minimum absolute atomic E-state index is 0.0398. The predicted molar refractivity (Wildman–Crippen MR) is 101 cm³/mol. The number of hydrogen-bond acceptors (Lipinski definition) is 5. The van der Waals surface area contributed by atoms with Crippen LogP contribution < -0.4 is 0 Å². The lowest BCUT2D eigenvalue weighted by atomic mass is 9.95. The van der Waals surface area contributed by atoms with Crippen LogP contribution in [0.25, 0.3) is 21.6 Å². The van der Waals surface area contributed by atoms with Crippen molar-refractivity contribution in [3.8, 4) is 10.6 Å². The molecule has 1 aliphatic heterocycles. The number of rotatable bonds is 4. The Bertz CT molecular complexity index is 1040. The van der Waals surface area contributed by atoms with Crippen LogP contribution in [0, 0.1) is 0 Å². The third-order valence-corrected chi connectivity index (χ3v) is 9.02. The number of carboxylic acids is 1. The molecular weight excluding hydrogens is 372 g/mol. The monoisotopic (exact) mass is 390 g/mol. The predicted octanol–water partition coefficient (Wildman–Crippen LogP) is 4.43. The van der Waals surface area contributed by atoms with Crippen LogP contribution >= 0.6 is 11.3 Å². The van der Waals surface area contributed by atoms with Gasteiger partial charge in [-0.3, -0.25) is 4.79 Å². The number of furan rings is 1. The molecule has 1 N–H and O–H groups in total. The largest absolute Gasteiger partial charge is 0.481 e. The Labute approximate surface area is 155 Å². The summed E-state index contributed by atoms with van der Waals surface area (Å²) in [7, 11) is -3.53. The summed E-state index contributed by atoms with van der Waals surface area (Å²) in [6, 6.07) is 13.2. The molecule has 136 valence electrons. The van der Waals surface area contributed by atoms with E-state index in [1.165, 1.54) is 11.3 Å². The Morgan fingerprint density at radius 3 is 2.73 bits per heavy atom. The number of benzene rings is 1. The van der Waals surface area contributed by atoms with E-state index in [4.69, 9.17) is 4.42 Å². The molecule has 1 aliphatic rings. The van der Waals surface area contributed by atoms with E-state index in [2.05, 4.69) is 0 Å². The maximum absolute atomic E-state index is 12.8. The third-order valence-electron chi connectivity index (χ3n) is 5.00. The summed E-state index contributed by atoms with van der Waals surface area (Å²) in [5, 5.41) is 10.3. The van der Waals surface area contributed by atoms with Crippen LogP contribution in [0.3, 0.4) is 0 Å². The van der Waals surface area contributed by atoms with Gasteiger partial charge in [0.25, 0.3) is 0 Å². The summed E-state index contributed by atoms with van der Waals surface area (Å²) in [4.78, 5) is 12.8. The van der Waals surface area contributed by atoms with Crippen molar-refractivity contribution in [1.82, 2.24) is 0 Å². The van der Waals surface area contributed by atoms with Crippen molar-refractivity contribution in [1.29, 1.82) is 0 Å². The molecule has 4 rings (SSSR count). The first-order valence-corrected chi connectivity index (χ1v) is 10.9. The molecule has 3 aromatic rings. The smallest absolute Gasteiger partial charge is 0.305 e. The van der Waals surface area contributed by atoms with Gasteiger partial charge in [-0.25, -0.2) is 8.42 Å².